The van der Waals surface area contributed by atoms with E-state index < -0.39 is 15.9 Å². The second-order valence-electron chi connectivity index (χ2n) is 3.81. The van der Waals surface area contributed by atoms with Gasteiger partial charge in [0.2, 0.25) is 0 Å². The SMILES string of the molecule is CSc1cc(CC(C)O)ccc1S(C)(=O)=O. The zero-order chi connectivity index (χ0) is 12.3. The van der Waals surface area contributed by atoms with E-state index >= 15 is 0 Å². The van der Waals surface area contributed by atoms with Gasteiger partial charge in [0.05, 0.1) is 11.0 Å². The molecule has 0 aliphatic rings. The lowest BCUT2D eigenvalue weighted by Crippen LogP contribution is -2.05. The Bertz CT molecular complexity index is 464. The number of sulfone groups is 1. The lowest BCUT2D eigenvalue weighted by Gasteiger charge is -2.09. The molecular weight excluding hydrogens is 244 g/mol. The lowest BCUT2D eigenvalue weighted by atomic mass is 10.1. The molecule has 0 aromatic heterocycles. The Morgan fingerprint density at radius 3 is 2.50 bits per heavy atom. The van der Waals surface area contributed by atoms with Gasteiger partial charge in [-0.05, 0) is 37.3 Å². The van der Waals surface area contributed by atoms with Crippen LogP contribution in [-0.2, 0) is 16.3 Å². The topological polar surface area (TPSA) is 54.4 Å². The normalized spacial score (nSPS) is 13.8. The Hall–Kier alpha value is -0.520. The molecule has 0 heterocycles. The molecule has 1 atom stereocenters. The minimum absolute atomic E-state index is 0.356. The maximum atomic E-state index is 11.5. The van der Waals surface area contributed by atoms with Gasteiger partial charge in [0.15, 0.2) is 9.84 Å². The van der Waals surface area contributed by atoms with E-state index in [9.17, 15) is 13.5 Å². The first kappa shape index (κ1) is 13.5. The quantitative estimate of drug-likeness (QED) is 0.838. The van der Waals surface area contributed by atoms with Gasteiger partial charge in [-0.3, -0.25) is 0 Å². The molecule has 1 aromatic carbocycles. The van der Waals surface area contributed by atoms with E-state index in [-0.39, 0.29) is 0 Å². The summed E-state index contributed by atoms with van der Waals surface area (Å²) in [4.78, 5) is 1.09. The first-order valence-corrected chi connectivity index (χ1v) is 8.01. The predicted octanol–water partition coefficient (Wildman–Crippen LogP) is 1.74. The minimum atomic E-state index is -3.17. The van der Waals surface area contributed by atoms with Gasteiger partial charge in [-0.15, -0.1) is 11.8 Å². The Labute approximate surface area is 101 Å². The highest BCUT2D eigenvalue weighted by molar-refractivity contribution is 7.99. The zero-order valence-corrected chi connectivity index (χ0v) is 11.2. The molecule has 0 saturated carbocycles. The molecule has 0 bridgehead atoms. The van der Waals surface area contributed by atoms with E-state index in [0.717, 1.165) is 10.5 Å². The predicted molar refractivity (Wildman–Crippen MR) is 66.7 cm³/mol. The Kier molecular flexibility index (Phi) is 4.41. The summed E-state index contributed by atoms with van der Waals surface area (Å²) in [5, 5.41) is 9.27. The number of hydrogen-bond donors (Lipinski definition) is 1. The van der Waals surface area contributed by atoms with E-state index in [0.29, 0.717) is 11.3 Å². The fourth-order valence-corrected chi connectivity index (χ4v) is 3.47. The van der Waals surface area contributed by atoms with E-state index in [1.165, 1.54) is 18.0 Å². The largest absolute Gasteiger partial charge is 0.393 e. The van der Waals surface area contributed by atoms with Crippen LogP contribution in [0.1, 0.15) is 12.5 Å². The van der Waals surface area contributed by atoms with Crippen LogP contribution in [0.2, 0.25) is 0 Å². The van der Waals surface area contributed by atoms with Crippen molar-refractivity contribution in [3.8, 4) is 0 Å². The summed E-state index contributed by atoms with van der Waals surface area (Å²) in [7, 11) is -3.17. The molecular formula is C11H16O3S2. The highest BCUT2D eigenvalue weighted by Gasteiger charge is 2.13. The summed E-state index contributed by atoms with van der Waals surface area (Å²) in [6.07, 6.45) is 3.17. The molecule has 1 unspecified atom stereocenters. The molecule has 1 N–H and O–H groups in total. The third-order valence-electron chi connectivity index (χ3n) is 2.16. The lowest BCUT2D eigenvalue weighted by molar-refractivity contribution is 0.195. The highest BCUT2D eigenvalue weighted by atomic mass is 32.2. The van der Waals surface area contributed by atoms with Crippen molar-refractivity contribution in [2.75, 3.05) is 12.5 Å². The van der Waals surface area contributed by atoms with E-state index in [2.05, 4.69) is 0 Å². The van der Waals surface area contributed by atoms with Gasteiger partial charge in [-0.1, -0.05) is 6.07 Å². The molecule has 0 radical (unpaired) electrons. The second kappa shape index (κ2) is 5.21. The van der Waals surface area contributed by atoms with Crippen LogP contribution < -0.4 is 0 Å². The fraction of sp³-hybridized carbons (Fsp3) is 0.455. The van der Waals surface area contributed by atoms with Crippen LogP contribution >= 0.6 is 11.8 Å². The maximum Gasteiger partial charge on any atom is 0.176 e. The molecule has 0 fully saturated rings. The van der Waals surface area contributed by atoms with Gasteiger partial charge < -0.3 is 5.11 Å². The van der Waals surface area contributed by atoms with Gasteiger partial charge in [0.25, 0.3) is 0 Å². The molecule has 3 nitrogen and oxygen atoms in total. The average molecular weight is 260 g/mol. The summed E-state index contributed by atoms with van der Waals surface area (Å²) in [5.74, 6) is 0. The molecule has 1 rings (SSSR count). The van der Waals surface area contributed by atoms with E-state index in [1.807, 2.05) is 12.3 Å². The van der Waals surface area contributed by atoms with Gasteiger partial charge in [0.1, 0.15) is 0 Å². The number of thioether (sulfide) groups is 1. The van der Waals surface area contributed by atoms with Crippen LogP contribution in [0.5, 0.6) is 0 Å². The number of benzene rings is 1. The molecule has 0 saturated heterocycles. The molecule has 1 aromatic rings. The van der Waals surface area contributed by atoms with Crippen molar-refractivity contribution in [1.29, 1.82) is 0 Å². The highest BCUT2D eigenvalue weighted by Crippen LogP contribution is 2.26. The first-order chi connectivity index (χ1) is 7.34. The summed E-state index contributed by atoms with van der Waals surface area (Å²) < 4.78 is 23.0. The van der Waals surface area contributed by atoms with Crippen molar-refractivity contribution in [2.45, 2.75) is 29.2 Å². The first-order valence-electron chi connectivity index (χ1n) is 4.89. The summed E-state index contributed by atoms with van der Waals surface area (Å²) in [5.41, 5.74) is 0.951. The Balaban J connectivity index is 3.17. The van der Waals surface area contributed by atoms with Gasteiger partial charge in [-0.25, -0.2) is 8.42 Å². The average Bonchev–Trinajstić information content (AvgIpc) is 2.14. The summed E-state index contributed by atoms with van der Waals surface area (Å²) in [6.45, 7) is 1.71. The Morgan fingerprint density at radius 2 is 2.06 bits per heavy atom. The van der Waals surface area contributed by atoms with Crippen LogP contribution in [0.4, 0.5) is 0 Å². The number of hydrogen-bond acceptors (Lipinski definition) is 4. The number of rotatable bonds is 4. The van der Waals surface area contributed by atoms with E-state index in [4.69, 9.17) is 0 Å². The second-order valence-corrected chi connectivity index (χ2v) is 6.64. The minimum Gasteiger partial charge on any atom is -0.393 e. The molecule has 5 heteroatoms. The van der Waals surface area contributed by atoms with Crippen LogP contribution in [0, 0.1) is 0 Å². The smallest absolute Gasteiger partial charge is 0.176 e. The zero-order valence-electron chi connectivity index (χ0n) is 9.60. The third kappa shape index (κ3) is 3.50. The Morgan fingerprint density at radius 1 is 1.44 bits per heavy atom. The molecule has 0 aliphatic carbocycles. The molecule has 0 amide bonds. The van der Waals surface area contributed by atoms with Crippen molar-refractivity contribution >= 4 is 21.6 Å². The molecule has 16 heavy (non-hydrogen) atoms. The van der Waals surface area contributed by atoms with Gasteiger partial charge in [0, 0.05) is 11.2 Å². The maximum absolute atomic E-state index is 11.5. The summed E-state index contributed by atoms with van der Waals surface area (Å²) >= 11 is 1.40. The van der Waals surface area contributed by atoms with E-state index in [1.54, 1.807) is 19.1 Å². The van der Waals surface area contributed by atoms with Crippen molar-refractivity contribution in [2.24, 2.45) is 0 Å². The van der Waals surface area contributed by atoms with Gasteiger partial charge in [-0.2, -0.15) is 0 Å². The van der Waals surface area contributed by atoms with Gasteiger partial charge >= 0.3 is 0 Å². The van der Waals surface area contributed by atoms with Crippen molar-refractivity contribution in [3.63, 3.8) is 0 Å². The number of aliphatic hydroxyl groups is 1. The van der Waals surface area contributed by atoms with Crippen molar-refractivity contribution in [1.82, 2.24) is 0 Å². The van der Waals surface area contributed by atoms with Crippen LogP contribution in [-0.4, -0.2) is 32.1 Å². The standard InChI is InChI=1S/C11H16O3S2/c1-8(12)6-9-4-5-11(16(3,13)14)10(7-9)15-2/h4-5,7-8,12H,6H2,1-3H3. The van der Waals surface area contributed by atoms with Crippen LogP contribution in [0.25, 0.3) is 0 Å². The van der Waals surface area contributed by atoms with Crippen molar-refractivity contribution < 1.29 is 13.5 Å². The van der Waals surface area contributed by atoms with Crippen LogP contribution in [0.15, 0.2) is 28.0 Å². The summed E-state index contributed by atoms with van der Waals surface area (Å²) in [6, 6.07) is 5.19. The fourth-order valence-electron chi connectivity index (χ4n) is 1.49. The molecule has 0 aliphatic heterocycles. The third-order valence-corrected chi connectivity index (χ3v) is 4.22. The van der Waals surface area contributed by atoms with Crippen molar-refractivity contribution in [3.05, 3.63) is 23.8 Å². The monoisotopic (exact) mass is 260 g/mol. The number of aliphatic hydroxyl groups excluding tert-OH is 1. The van der Waals surface area contributed by atoms with Crippen LogP contribution in [0.3, 0.4) is 0 Å². The molecule has 0 spiro atoms. The molecule has 90 valence electrons.